The maximum atomic E-state index is 13.4. The minimum atomic E-state index is -2.71. The minimum Gasteiger partial charge on any atom is -0.475 e. The van der Waals surface area contributed by atoms with E-state index >= 15 is 0 Å². The number of halogens is 3. The Morgan fingerprint density at radius 1 is 1.36 bits per heavy atom. The molecule has 0 unspecified atom stereocenters. The molecular formula is C14H20F3N3OS. The Kier molecular flexibility index (Phi) is 6.19. The molecule has 0 amide bonds. The first-order valence-corrected chi connectivity index (χ1v) is 8.09. The molecule has 2 heterocycles. The third-order valence-corrected chi connectivity index (χ3v) is 4.00. The molecule has 124 valence electrons. The van der Waals surface area contributed by atoms with Gasteiger partial charge in [-0.05, 0) is 12.0 Å². The maximum absolute atomic E-state index is 13.4. The normalized spacial score (nSPS) is 16.6. The van der Waals surface area contributed by atoms with E-state index in [0.29, 0.717) is 25.2 Å². The summed E-state index contributed by atoms with van der Waals surface area (Å²) in [6.07, 6.45) is 2.65. The minimum absolute atomic E-state index is 0.106. The second kappa shape index (κ2) is 7.92. The van der Waals surface area contributed by atoms with Gasteiger partial charge in [0.05, 0.1) is 18.3 Å². The fourth-order valence-electron chi connectivity index (χ4n) is 2.34. The Bertz CT molecular complexity index is 507. The summed E-state index contributed by atoms with van der Waals surface area (Å²) in [7, 11) is 0. The molecule has 0 bridgehead atoms. The second-order valence-corrected chi connectivity index (χ2v) is 5.84. The van der Waals surface area contributed by atoms with Crippen LogP contribution >= 0.6 is 11.7 Å². The first kappa shape index (κ1) is 17.2. The molecule has 0 spiro atoms. The van der Waals surface area contributed by atoms with Crippen LogP contribution in [0, 0.1) is 0 Å². The summed E-state index contributed by atoms with van der Waals surface area (Å²) in [5.74, 6) is -2.45. The molecule has 0 aromatic carbocycles. The number of ether oxygens (including phenoxy) is 1. The van der Waals surface area contributed by atoms with Crippen LogP contribution in [0.25, 0.3) is 5.57 Å². The number of rotatable bonds is 8. The van der Waals surface area contributed by atoms with Crippen LogP contribution in [0.2, 0.25) is 0 Å². The zero-order chi connectivity index (χ0) is 16.0. The Balaban J connectivity index is 1.94. The van der Waals surface area contributed by atoms with Gasteiger partial charge in [-0.2, -0.15) is 4.37 Å². The van der Waals surface area contributed by atoms with Gasteiger partial charge in [0.2, 0.25) is 0 Å². The molecule has 8 heteroatoms. The SMILES string of the molecule is CCCC(F)(F)CCOc1nsnc1C1=CCCN(CF)C1. The molecule has 1 aromatic rings. The summed E-state index contributed by atoms with van der Waals surface area (Å²) >= 11 is 0.971. The lowest BCUT2D eigenvalue weighted by molar-refractivity contribution is -0.0271. The molecule has 0 atom stereocenters. The fraction of sp³-hybridized carbons (Fsp3) is 0.714. The van der Waals surface area contributed by atoms with E-state index in [2.05, 4.69) is 8.75 Å². The quantitative estimate of drug-likeness (QED) is 0.678. The molecule has 22 heavy (non-hydrogen) atoms. The van der Waals surface area contributed by atoms with Crippen molar-refractivity contribution in [2.75, 3.05) is 26.5 Å². The smallest absolute Gasteiger partial charge is 0.253 e. The van der Waals surface area contributed by atoms with E-state index in [0.717, 1.165) is 23.7 Å². The highest BCUT2D eigenvalue weighted by molar-refractivity contribution is 6.99. The Labute approximate surface area is 132 Å². The van der Waals surface area contributed by atoms with Crippen molar-refractivity contribution in [3.8, 4) is 5.88 Å². The summed E-state index contributed by atoms with van der Waals surface area (Å²) in [6.45, 7) is 2.20. The molecule has 4 nitrogen and oxygen atoms in total. The molecule has 2 rings (SSSR count). The highest BCUT2D eigenvalue weighted by atomic mass is 32.1. The third kappa shape index (κ3) is 4.67. The number of alkyl halides is 3. The van der Waals surface area contributed by atoms with Crippen LogP contribution in [0.15, 0.2) is 6.08 Å². The van der Waals surface area contributed by atoms with Crippen LogP contribution in [0.3, 0.4) is 0 Å². The van der Waals surface area contributed by atoms with Crippen molar-refractivity contribution in [2.24, 2.45) is 0 Å². The lowest BCUT2D eigenvalue weighted by atomic mass is 10.1. The second-order valence-electron chi connectivity index (χ2n) is 5.31. The van der Waals surface area contributed by atoms with Gasteiger partial charge in [-0.25, -0.2) is 13.2 Å². The average Bonchev–Trinajstić information content (AvgIpc) is 2.95. The zero-order valence-electron chi connectivity index (χ0n) is 12.5. The first-order chi connectivity index (χ1) is 10.6. The molecule has 0 aliphatic carbocycles. The monoisotopic (exact) mass is 335 g/mol. The molecule has 0 saturated heterocycles. The fourth-order valence-corrected chi connectivity index (χ4v) is 2.87. The van der Waals surface area contributed by atoms with E-state index in [1.165, 1.54) is 0 Å². The van der Waals surface area contributed by atoms with E-state index in [1.54, 1.807) is 11.8 Å². The Morgan fingerprint density at radius 2 is 2.18 bits per heavy atom. The van der Waals surface area contributed by atoms with Gasteiger partial charge in [0.25, 0.3) is 11.8 Å². The number of aromatic nitrogens is 2. The highest BCUT2D eigenvalue weighted by Gasteiger charge is 2.28. The van der Waals surface area contributed by atoms with Crippen LogP contribution in [-0.4, -0.2) is 46.1 Å². The maximum Gasteiger partial charge on any atom is 0.253 e. The van der Waals surface area contributed by atoms with Gasteiger partial charge in [-0.15, -0.1) is 4.37 Å². The van der Waals surface area contributed by atoms with E-state index in [4.69, 9.17) is 4.74 Å². The topological polar surface area (TPSA) is 38.3 Å². The lowest BCUT2D eigenvalue weighted by Gasteiger charge is -2.23. The van der Waals surface area contributed by atoms with Crippen LogP contribution < -0.4 is 4.74 Å². The van der Waals surface area contributed by atoms with Crippen LogP contribution in [0.4, 0.5) is 13.2 Å². The molecule has 0 N–H and O–H groups in total. The Hall–Kier alpha value is -1.15. The van der Waals surface area contributed by atoms with Crippen LogP contribution in [0.5, 0.6) is 5.88 Å². The standard InChI is InChI=1S/C14H20F3N3OS/c1-2-5-14(16,17)6-8-21-13-12(18-22-19-13)11-4-3-7-20(9-11)10-15/h4H,2-3,5-10H2,1H3. The number of hydrogen-bond acceptors (Lipinski definition) is 5. The van der Waals surface area contributed by atoms with Gasteiger partial charge in [0, 0.05) is 25.9 Å². The predicted octanol–water partition coefficient (Wildman–Crippen LogP) is 3.76. The van der Waals surface area contributed by atoms with Crippen molar-refractivity contribution in [3.63, 3.8) is 0 Å². The summed E-state index contributed by atoms with van der Waals surface area (Å²) in [5.41, 5.74) is 1.38. The van der Waals surface area contributed by atoms with Crippen molar-refractivity contribution >= 4 is 17.3 Å². The van der Waals surface area contributed by atoms with Gasteiger partial charge < -0.3 is 4.74 Å². The van der Waals surface area contributed by atoms with E-state index in [-0.39, 0.29) is 25.3 Å². The van der Waals surface area contributed by atoms with Gasteiger partial charge in [0.1, 0.15) is 12.5 Å². The zero-order valence-corrected chi connectivity index (χ0v) is 13.3. The molecule has 0 saturated carbocycles. The summed E-state index contributed by atoms with van der Waals surface area (Å²) in [5, 5.41) is 0. The average molecular weight is 335 g/mol. The number of hydrogen-bond donors (Lipinski definition) is 0. The van der Waals surface area contributed by atoms with E-state index in [9.17, 15) is 13.2 Å². The Morgan fingerprint density at radius 3 is 2.91 bits per heavy atom. The molecule has 0 fully saturated rings. The number of nitrogens with zero attached hydrogens (tertiary/aromatic N) is 3. The van der Waals surface area contributed by atoms with Crippen molar-refractivity contribution in [1.29, 1.82) is 0 Å². The van der Waals surface area contributed by atoms with Gasteiger partial charge in [0.15, 0.2) is 0 Å². The van der Waals surface area contributed by atoms with Gasteiger partial charge in [-0.3, -0.25) is 4.90 Å². The largest absolute Gasteiger partial charge is 0.475 e. The van der Waals surface area contributed by atoms with Crippen molar-refractivity contribution < 1.29 is 17.9 Å². The molecule has 1 aromatic heterocycles. The highest BCUT2D eigenvalue weighted by Crippen LogP contribution is 2.29. The summed E-state index contributed by atoms with van der Waals surface area (Å²) in [6, 6.07) is 0. The van der Waals surface area contributed by atoms with E-state index < -0.39 is 12.7 Å². The van der Waals surface area contributed by atoms with Crippen molar-refractivity contribution in [3.05, 3.63) is 11.8 Å². The van der Waals surface area contributed by atoms with E-state index in [1.807, 2.05) is 6.08 Å². The van der Waals surface area contributed by atoms with Crippen LogP contribution in [-0.2, 0) is 0 Å². The molecule has 1 aliphatic rings. The summed E-state index contributed by atoms with van der Waals surface area (Å²) in [4.78, 5) is 1.65. The van der Waals surface area contributed by atoms with Crippen LogP contribution in [0.1, 0.15) is 38.3 Å². The molecule has 1 aliphatic heterocycles. The molecular weight excluding hydrogens is 315 g/mol. The third-order valence-electron chi connectivity index (χ3n) is 3.48. The predicted molar refractivity (Wildman–Crippen MR) is 80.0 cm³/mol. The van der Waals surface area contributed by atoms with Gasteiger partial charge >= 0.3 is 0 Å². The first-order valence-electron chi connectivity index (χ1n) is 7.36. The van der Waals surface area contributed by atoms with Crippen molar-refractivity contribution in [2.45, 2.75) is 38.5 Å². The van der Waals surface area contributed by atoms with Gasteiger partial charge in [-0.1, -0.05) is 19.4 Å². The molecule has 0 radical (unpaired) electrons. The van der Waals surface area contributed by atoms with Crippen molar-refractivity contribution in [1.82, 2.24) is 13.6 Å². The summed E-state index contributed by atoms with van der Waals surface area (Å²) < 4.78 is 53.2. The lowest BCUT2D eigenvalue weighted by Crippen LogP contribution is -2.28.